The average molecular weight is 517 g/mol. The monoisotopic (exact) mass is 516 g/mol. The summed E-state index contributed by atoms with van der Waals surface area (Å²) in [5.41, 5.74) is 1.27. The SMILES string of the molecule is C=C1c2c(O)c(=O)c(-c3nnc(Cc4cccc(Cl)c4F)s3)cn2C[C@@H](C)N1[C@@H](C)CCCCC. The van der Waals surface area contributed by atoms with E-state index in [1.807, 2.05) is 4.57 Å². The van der Waals surface area contributed by atoms with Crippen LogP contribution in [0.2, 0.25) is 5.02 Å². The van der Waals surface area contributed by atoms with Crippen molar-refractivity contribution < 1.29 is 9.50 Å². The van der Waals surface area contributed by atoms with Crippen molar-refractivity contribution in [3.05, 3.63) is 68.3 Å². The zero-order valence-electron chi connectivity index (χ0n) is 20.2. The van der Waals surface area contributed by atoms with E-state index in [0.717, 1.165) is 19.3 Å². The minimum absolute atomic E-state index is 0.0492. The fraction of sp³-hybridized carbons (Fsp3) is 0.423. The van der Waals surface area contributed by atoms with Crippen LogP contribution in [0.1, 0.15) is 62.7 Å². The largest absolute Gasteiger partial charge is 0.503 e. The molecule has 1 aliphatic rings. The first-order chi connectivity index (χ1) is 16.7. The third-order valence-electron chi connectivity index (χ3n) is 6.55. The topological polar surface area (TPSA) is 71.2 Å². The van der Waals surface area contributed by atoms with Gasteiger partial charge in [-0.05, 0) is 31.9 Å². The van der Waals surface area contributed by atoms with E-state index in [1.54, 1.807) is 18.3 Å². The van der Waals surface area contributed by atoms with Gasteiger partial charge < -0.3 is 14.6 Å². The smallest absolute Gasteiger partial charge is 0.234 e. The van der Waals surface area contributed by atoms with Gasteiger partial charge in [0.05, 0.1) is 16.3 Å². The summed E-state index contributed by atoms with van der Waals surface area (Å²) in [5, 5.41) is 20.2. The van der Waals surface area contributed by atoms with Crippen LogP contribution in [-0.4, -0.2) is 36.9 Å². The van der Waals surface area contributed by atoms with E-state index in [2.05, 4.69) is 42.4 Å². The van der Waals surface area contributed by atoms with Gasteiger partial charge in [0.1, 0.15) is 16.5 Å². The maximum absolute atomic E-state index is 14.3. The lowest BCUT2D eigenvalue weighted by Gasteiger charge is -2.43. The van der Waals surface area contributed by atoms with Gasteiger partial charge in [-0.25, -0.2) is 4.39 Å². The summed E-state index contributed by atoms with van der Waals surface area (Å²) in [6.45, 7) is 11.3. The highest BCUT2D eigenvalue weighted by atomic mass is 35.5. The molecule has 1 aromatic carbocycles. The highest BCUT2D eigenvalue weighted by Crippen LogP contribution is 2.36. The number of halogens is 2. The van der Waals surface area contributed by atoms with Gasteiger partial charge >= 0.3 is 0 Å². The number of aromatic nitrogens is 3. The van der Waals surface area contributed by atoms with Crippen molar-refractivity contribution in [3.8, 4) is 16.3 Å². The highest BCUT2D eigenvalue weighted by Gasteiger charge is 2.32. The summed E-state index contributed by atoms with van der Waals surface area (Å²) in [7, 11) is 0. The number of unbranched alkanes of at least 4 members (excludes halogenated alkanes) is 2. The fourth-order valence-corrected chi connectivity index (χ4v) is 5.88. The van der Waals surface area contributed by atoms with E-state index >= 15 is 0 Å². The summed E-state index contributed by atoms with van der Waals surface area (Å²) >= 11 is 7.08. The Morgan fingerprint density at radius 3 is 2.86 bits per heavy atom. The van der Waals surface area contributed by atoms with Crippen molar-refractivity contribution in [3.63, 3.8) is 0 Å². The van der Waals surface area contributed by atoms with Crippen LogP contribution in [-0.2, 0) is 13.0 Å². The van der Waals surface area contributed by atoms with E-state index in [0.29, 0.717) is 33.5 Å². The molecule has 0 radical (unpaired) electrons. The van der Waals surface area contributed by atoms with Crippen molar-refractivity contribution in [2.75, 3.05) is 0 Å². The lowest BCUT2D eigenvalue weighted by atomic mass is 10.0. The fourth-order valence-electron chi connectivity index (χ4n) is 4.82. The summed E-state index contributed by atoms with van der Waals surface area (Å²) < 4.78 is 16.2. The lowest BCUT2D eigenvalue weighted by Crippen LogP contribution is -2.45. The molecule has 0 aliphatic carbocycles. The van der Waals surface area contributed by atoms with Gasteiger partial charge in [-0.3, -0.25) is 4.79 Å². The zero-order chi connectivity index (χ0) is 25.3. The first-order valence-corrected chi connectivity index (χ1v) is 13.1. The molecule has 2 aromatic heterocycles. The van der Waals surface area contributed by atoms with Crippen molar-refractivity contribution in [2.45, 2.75) is 71.5 Å². The third-order valence-corrected chi connectivity index (χ3v) is 7.80. The first kappa shape index (κ1) is 25.4. The molecule has 1 N–H and O–H groups in total. The third kappa shape index (κ3) is 5.00. The van der Waals surface area contributed by atoms with Crippen molar-refractivity contribution in [2.24, 2.45) is 0 Å². The van der Waals surface area contributed by atoms with Crippen LogP contribution in [0.15, 0.2) is 35.8 Å². The molecule has 9 heteroatoms. The molecule has 0 bridgehead atoms. The van der Waals surface area contributed by atoms with Crippen LogP contribution in [0, 0.1) is 5.82 Å². The Hall–Kier alpha value is -2.71. The second kappa shape index (κ2) is 10.5. The molecule has 0 saturated heterocycles. The normalized spacial score (nSPS) is 16.4. The number of pyridine rings is 1. The quantitative estimate of drug-likeness (QED) is 0.366. The molecule has 35 heavy (non-hydrogen) atoms. The van der Waals surface area contributed by atoms with Crippen LogP contribution in [0.5, 0.6) is 5.75 Å². The van der Waals surface area contributed by atoms with Crippen molar-refractivity contribution >= 4 is 28.6 Å². The van der Waals surface area contributed by atoms with Crippen LogP contribution in [0.25, 0.3) is 16.3 Å². The summed E-state index contributed by atoms with van der Waals surface area (Å²) in [4.78, 5) is 15.4. The van der Waals surface area contributed by atoms with Gasteiger partial charge in [0.25, 0.3) is 0 Å². The molecule has 6 nitrogen and oxygen atoms in total. The number of hydrogen-bond acceptors (Lipinski definition) is 6. The van der Waals surface area contributed by atoms with E-state index in [-0.39, 0.29) is 34.8 Å². The highest BCUT2D eigenvalue weighted by molar-refractivity contribution is 7.14. The molecule has 3 aromatic rings. The van der Waals surface area contributed by atoms with Gasteiger partial charge in [-0.1, -0.05) is 67.8 Å². The number of fused-ring (bicyclic) bond motifs is 1. The molecule has 0 spiro atoms. The van der Waals surface area contributed by atoms with Gasteiger partial charge in [-0.2, -0.15) is 0 Å². The van der Waals surface area contributed by atoms with Crippen LogP contribution in [0.3, 0.4) is 0 Å². The van der Waals surface area contributed by atoms with Crippen LogP contribution < -0.4 is 5.43 Å². The Labute approximate surface area is 213 Å². The summed E-state index contributed by atoms with van der Waals surface area (Å²) in [5.74, 6) is -0.818. The van der Waals surface area contributed by atoms with Crippen LogP contribution in [0.4, 0.5) is 4.39 Å². The Morgan fingerprint density at radius 1 is 1.34 bits per heavy atom. The molecule has 0 fully saturated rings. The molecule has 186 valence electrons. The minimum Gasteiger partial charge on any atom is -0.503 e. The Kier molecular flexibility index (Phi) is 7.62. The Morgan fingerprint density at radius 2 is 2.11 bits per heavy atom. The van der Waals surface area contributed by atoms with E-state index in [4.69, 9.17) is 11.6 Å². The summed E-state index contributed by atoms with van der Waals surface area (Å²) in [6, 6.07) is 5.22. The predicted molar refractivity (Wildman–Crippen MR) is 139 cm³/mol. The predicted octanol–water partition coefficient (Wildman–Crippen LogP) is 6.10. The van der Waals surface area contributed by atoms with Gasteiger partial charge in [0, 0.05) is 31.2 Å². The average Bonchev–Trinajstić information content (AvgIpc) is 3.27. The molecule has 0 amide bonds. The molecule has 0 unspecified atom stereocenters. The van der Waals surface area contributed by atoms with Gasteiger partial charge in [0.15, 0.2) is 10.8 Å². The van der Waals surface area contributed by atoms with E-state index in [9.17, 15) is 14.3 Å². The molecular formula is C26H30ClFN4O2S. The second-order valence-electron chi connectivity index (χ2n) is 9.16. The number of rotatable bonds is 8. The Balaban J connectivity index is 1.63. The molecular weight excluding hydrogens is 487 g/mol. The molecule has 0 saturated carbocycles. The molecule has 1 aliphatic heterocycles. The number of hydrogen-bond donors (Lipinski definition) is 1. The van der Waals surface area contributed by atoms with Gasteiger partial charge in [-0.15, -0.1) is 10.2 Å². The Bertz CT molecular complexity index is 1300. The number of nitrogens with zero attached hydrogens (tertiary/aromatic N) is 4. The molecule has 3 heterocycles. The number of aromatic hydroxyl groups is 1. The molecule has 2 atom stereocenters. The standard InChI is InChI=1S/C26H30ClFN4O2S/c1-5-6-7-9-15(2)32-16(3)13-31-14-19(24(33)25(34)23(31)17(32)4)26-30-29-21(35-26)12-18-10-8-11-20(27)22(18)28/h8,10-11,14-16,34H,4-7,9,12-13H2,1-3H3/t15-,16+/m0/s1. The second-order valence-corrected chi connectivity index (χ2v) is 10.6. The first-order valence-electron chi connectivity index (χ1n) is 11.9. The van der Waals surface area contributed by atoms with E-state index < -0.39 is 11.2 Å². The van der Waals surface area contributed by atoms with Crippen molar-refractivity contribution in [1.82, 2.24) is 19.7 Å². The summed E-state index contributed by atoms with van der Waals surface area (Å²) in [6.07, 6.45) is 6.43. The maximum atomic E-state index is 14.3. The van der Waals surface area contributed by atoms with Gasteiger partial charge in [0.2, 0.25) is 5.43 Å². The van der Waals surface area contributed by atoms with E-state index in [1.165, 1.54) is 23.8 Å². The maximum Gasteiger partial charge on any atom is 0.234 e. The van der Waals surface area contributed by atoms with Crippen molar-refractivity contribution in [1.29, 1.82) is 0 Å². The zero-order valence-corrected chi connectivity index (χ0v) is 21.8. The number of benzene rings is 1. The lowest BCUT2D eigenvalue weighted by molar-refractivity contribution is 0.195. The van der Waals surface area contributed by atoms with Crippen LogP contribution >= 0.6 is 22.9 Å². The molecule has 4 rings (SSSR count). The minimum atomic E-state index is -0.512.